The van der Waals surface area contributed by atoms with Gasteiger partial charge in [0.05, 0.1) is 30.6 Å². The molecule has 3 heterocycles. The number of hydrogen-bond acceptors (Lipinski definition) is 6. The van der Waals surface area contributed by atoms with Gasteiger partial charge in [0.15, 0.2) is 0 Å². The fraction of sp³-hybridized carbons (Fsp3) is 0.353. The number of aliphatic hydroxyl groups excluding tert-OH is 1. The number of alkyl halides is 3. The Bertz CT molecular complexity index is 907. The Hall–Kier alpha value is -3.28. The lowest BCUT2D eigenvalue weighted by Gasteiger charge is -2.20. The van der Waals surface area contributed by atoms with Gasteiger partial charge in [-0.3, -0.25) is 14.7 Å². The van der Waals surface area contributed by atoms with Gasteiger partial charge in [0.25, 0.3) is 0 Å². The second-order valence-corrected chi connectivity index (χ2v) is 6.38. The molecular weight excluding hydrogens is 395 g/mol. The van der Waals surface area contributed by atoms with Crippen LogP contribution in [0.15, 0.2) is 30.7 Å². The van der Waals surface area contributed by atoms with E-state index in [9.17, 15) is 27.9 Å². The van der Waals surface area contributed by atoms with E-state index in [1.165, 1.54) is 18.5 Å². The van der Waals surface area contributed by atoms with E-state index in [4.69, 9.17) is 5.11 Å². The number of aliphatic hydroxyl groups is 1. The molecule has 0 aliphatic carbocycles. The Morgan fingerprint density at radius 2 is 2.00 bits per heavy atom. The van der Waals surface area contributed by atoms with Gasteiger partial charge < -0.3 is 15.5 Å². The highest BCUT2D eigenvalue weighted by molar-refractivity contribution is 5.86. The number of carbonyl (C=O) groups excluding carboxylic acids is 1. The molecule has 29 heavy (non-hydrogen) atoms. The highest BCUT2D eigenvalue weighted by atomic mass is 19.4. The molecule has 0 saturated carbocycles. The molecule has 9 nitrogen and oxygen atoms in total. The molecule has 0 unspecified atom stereocenters. The zero-order valence-electron chi connectivity index (χ0n) is 14.8. The molecule has 1 saturated heterocycles. The van der Waals surface area contributed by atoms with Crippen LogP contribution < -0.4 is 5.32 Å². The molecule has 2 amide bonds. The minimum atomic E-state index is -4.54. The van der Waals surface area contributed by atoms with Crippen LogP contribution in [0.3, 0.4) is 0 Å². The van der Waals surface area contributed by atoms with Gasteiger partial charge in [0.2, 0.25) is 5.91 Å². The topological polar surface area (TPSA) is 129 Å². The second kappa shape index (κ2) is 7.99. The maximum atomic E-state index is 12.6. The average molecular weight is 411 g/mol. The smallest absolute Gasteiger partial charge is 0.433 e. The summed E-state index contributed by atoms with van der Waals surface area (Å²) in [6.45, 7) is -0.200. The van der Waals surface area contributed by atoms with Crippen molar-refractivity contribution in [2.24, 2.45) is 0 Å². The third-order valence-corrected chi connectivity index (χ3v) is 4.34. The van der Waals surface area contributed by atoms with Crippen molar-refractivity contribution in [3.05, 3.63) is 42.1 Å². The predicted molar refractivity (Wildman–Crippen MR) is 91.3 cm³/mol. The SMILES string of the molecule is O=C(NCc1cc(-c2ccc(C(F)(F)F)nc2)ncn1)[C@H]1C[C@@H](O)CN1C(=O)O. The van der Waals surface area contributed by atoms with Crippen molar-refractivity contribution in [2.45, 2.75) is 31.3 Å². The quantitative estimate of drug-likeness (QED) is 0.691. The first kappa shape index (κ1) is 20.5. The molecule has 3 N–H and O–H groups in total. The molecular formula is C17H16F3N5O4. The first-order valence-electron chi connectivity index (χ1n) is 8.45. The van der Waals surface area contributed by atoms with Crippen LogP contribution in [0.1, 0.15) is 17.8 Å². The normalized spacial score (nSPS) is 19.2. The summed E-state index contributed by atoms with van der Waals surface area (Å²) >= 11 is 0. The number of nitrogens with one attached hydrogen (secondary N) is 1. The number of amides is 2. The molecule has 0 spiro atoms. The Kier molecular flexibility index (Phi) is 5.64. The number of pyridine rings is 1. The van der Waals surface area contributed by atoms with Crippen molar-refractivity contribution in [2.75, 3.05) is 6.54 Å². The third-order valence-electron chi connectivity index (χ3n) is 4.34. The van der Waals surface area contributed by atoms with Crippen molar-refractivity contribution < 1.29 is 33.0 Å². The summed E-state index contributed by atoms with van der Waals surface area (Å²) in [5.74, 6) is -0.583. The van der Waals surface area contributed by atoms with Gasteiger partial charge in [0, 0.05) is 18.2 Å². The van der Waals surface area contributed by atoms with E-state index in [0.717, 1.165) is 17.2 Å². The van der Waals surface area contributed by atoms with Crippen molar-refractivity contribution in [1.82, 2.24) is 25.2 Å². The summed E-state index contributed by atoms with van der Waals surface area (Å²) in [5.41, 5.74) is -0.00827. The van der Waals surface area contributed by atoms with Gasteiger partial charge in [-0.2, -0.15) is 13.2 Å². The van der Waals surface area contributed by atoms with Crippen LogP contribution in [0.2, 0.25) is 0 Å². The molecule has 2 aromatic rings. The summed E-state index contributed by atoms with van der Waals surface area (Å²) in [7, 11) is 0. The van der Waals surface area contributed by atoms with Gasteiger partial charge in [0.1, 0.15) is 18.1 Å². The zero-order valence-corrected chi connectivity index (χ0v) is 14.8. The standard InChI is InChI=1S/C17H16F3N5O4/c18-17(19,20)14-2-1-9(5-21-14)12-3-10(23-8-24-12)6-22-15(27)13-4-11(26)7-25(13)16(28)29/h1-3,5,8,11,13,26H,4,6-7H2,(H,22,27)(H,28,29)/t11-,13-/m1/s1. The van der Waals surface area contributed by atoms with Crippen molar-refractivity contribution in [1.29, 1.82) is 0 Å². The molecule has 2 aromatic heterocycles. The van der Waals surface area contributed by atoms with Crippen molar-refractivity contribution in [3.8, 4) is 11.3 Å². The summed E-state index contributed by atoms with van der Waals surface area (Å²) in [6, 6.07) is 2.53. The van der Waals surface area contributed by atoms with E-state index in [0.29, 0.717) is 17.0 Å². The fourth-order valence-corrected chi connectivity index (χ4v) is 2.93. The van der Waals surface area contributed by atoms with Crippen LogP contribution in [0.4, 0.5) is 18.0 Å². The minimum Gasteiger partial charge on any atom is -0.465 e. The number of carbonyl (C=O) groups is 2. The maximum Gasteiger partial charge on any atom is 0.433 e. The lowest BCUT2D eigenvalue weighted by molar-refractivity contribution is -0.141. The van der Waals surface area contributed by atoms with Gasteiger partial charge in [-0.25, -0.2) is 14.8 Å². The molecule has 0 bridgehead atoms. The van der Waals surface area contributed by atoms with Crippen LogP contribution in [-0.2, 0) is 17.5 Å². The summed E-state index contributed by atoms with van der Waals surface area (Å²) in [5, 5.41) is 21.3. The monoisotopic (exact) mass is 411 g/mol. The highest BCUT2D eigenvalue weighted by Gasteiger charge is 2.38. The predicted octanol–water partition coefficient (Wildman–Crippen LogP) is 1.29. The highest BCUT2D eigenvalue weighted by Crippen LogP contribution is 2.28. The number of carboxylic acid groups (broad SMARTS) is 1. The number of nitrogens with zero attached hydrogens (tertiary/aromatic N) is 4. The molecule has 0 aromatic carbocycles. The lowest BCUT2D eigenvalue weighted by atomic mass is 10.1. The summed E-state index contributed by atoms with van der Waals surface area (Å²) in [4.78, 5) is 35.6. The van der Waals surface area contributed by atoms with E-state index in [1.807, 2.05) is 0 Å². The molecule has 154 valence electrons. The minimum absolute atomic E-state index is 0.00954. The molecule has 12 heteroatoms. The second-order valence-electron chi connectivity index (χ2n) is 6.38. The zero-order chi connectivity index (χ0) is 21.2. The third kappa shape index (κ3) is 4.77. The van der Waals surface area contributed by atoms with Crippen LogP contribution in [0.5, 0.6) is 0 Å². The van der Waals surface area contributed by atoms with Crippen molar-refractivity contribution in [3.63, 3.8) is 0 Å². The number of β-amino-alcohol motifs (C(OH)–C–C–N with tert-alkyl or cyclic N) is 1. The van der Waals surface area contributed by atoms with Gasteiger partial charge in [-0.15, -0.1) is 0 Å². The Morgan fingerprint density at radius 1 is 1.24 bits per heavy atom. The largest absolute Gasteiger partial charge is 0.465 e. The first-order valence-corrected chi connectivity index (χ1v) is 8.45. The van der Waals surface area contributed by atoms with Crippen LogP contribution in [-0.4, -0.2) is 60.8 Å². The van der Waals surface area contributed by atoms with Gasteiger partial charge >= 0.3 is 12.3 Å². The summed E-state index contributed by atoms with van der Waals surface area (Å²) in [6.07, 6.45) is -4.54. The van der Waals surface area contributed by atoms with E-state index in [2.05, 4.69) is 20.3 Å². The van der Waals surface area contributed by atoms with Gasteiger partial charge in [-0.1, -0.05) is 0 Å². The van der Waals surface area contributed by atoms with E-state index in [1.54, 1.807) is 0 Å². The fourth-order valence-electron chi connectivity index (χ4n) is 2.93. The number of likely N-dealkylation sites (tertiary alicyclic amines) is 1. The molecule has 1 fully saturated rings. The average Bonchev–Trinajstić information content (AvgIpc) is 3.08. The molecule has 0 radical (unpaired) electrons. The number of halogens is 3. The van der Waals surface area contributed by atoms with Crippen molar-refractivity contribution >= 4 is 12.0 Å². The number of hydrogen-bond donors (Lipinski definition) is 3. The van der Waals surface area contributed by atoms with Crippen LogP contribution in [0, 0.1) is 0 Å². The Morgan fingerprint density at radius 3 is 2.62 bits per heavy atom. The molecule has 1 aliphatic heterocycles. The van der Waals surface area contributed by atoms with Gasteiger partial charge in [-0.05, 0) is 18.2 Å². The van der Waals surface area contributed by atoms with E-state index in [-0.39, 0.29) is 19.5 Å². The Labute approximate surface area is 162 Å². The van der Waals surface area contributed by atoms with Crippen LogP contribution in [0.25, 0.3) is 11.3 Å². The lowest BCUT2D eigenvalue weighted by Crippen LogP contribution is -2.45. The summed E-state index contributed by atoms with van der Waals surface area (Å²) < 4.78 is 37.8. The Balaban J connectivity index is 1.67. The molecule has 3 rings (SSSR count). The first-order chi connectivity index (χ1) is 13.6. The van der Waals surface area contributed by atoms with E-state index < -0.39 is 36.0 Å². The number of rotatable bonds is 4. The van der Waals surface area contributed by atoms with E-state index >= 15 is 0 Å². The molecule has 2 atom stereocenters. The van der Waals surface area contributed by atoms with Crippen LogP contribution >= 0.6 is 0 Å². The molecule has 1 aliphatic rings. The number of aromatic nitrogens is 3. The maximum absolute atomic E-state index is 12.6.